The molecule has 0 radical (unpaired) electrons. The third-order valence-corrected chi connectivity index (χ3v) is 2.85. The summed E-state index contributed by atoms with van der Waals surface area (Å²) in [6.07, 6.45) is 1.12. The Morgan fingerprint density at radius 2 is 2.06 bits per heavy atom. The fourth-order valence-electron chi connectivity index (χ4n) is 1.70. The summed E-state index contributed by atoms with van der Waals surface area (Å²) in [6.45, 7) is 1.01. The molecule has 1 aromatic rings. The topological polar surface area (TPSA) is 58.9 Å². The van der Waals surface area contributed by atoms with Crippen molar-refractivity contribution in [1.29, 1.82) is 0 Å². The molecule has 0 amide bonds. The molecule has 0 saturated carbocycles. The van der Waals surface area contributed by atoms with Gasteiger partial charge in [-0.1, -0.05) is 11.6 Å². The summed E-state index contributed by atoms with van der Waals surface area (Å²) >= 11 is 6.00. The largest absolute Gasteiger partial charge is 0.506 e. The van der Waals surface area contributed by atoms with Crippen LogP contribution in [0.1, 0.15) is 12.0 Å². The molecule has 0 fully saturated rings. The van der Waals surface area contributed by atoms with Crippen LogP contribution in [-0.2, 0) is 6.42 Å². The zero-order valence-corrected chi connectivity index (χ0v) is 9.46. The summed E-state index contributed by atoms with van der Waals surface area (Å²) in [7, 11) is 0. The number of halogens is 1. The van der Waals surface area contributed by atoms with Gasteiger partial charge in [-0.25, -0.2) is 0 Å². The number of phenols is 1. The van der Waals surface area contributed by atoms with Crippen LogP contribution in [0.25, 0.3) is 0 Å². The van der Waals surface area contributed by atoms with E-state index in [9.17, 15) is 5.11 Å². The number of hydrogen-bond acceptors (Lipinski definition) is 4. The molecule has 1 aliphatic heterocycles. The first-order chi connectivity index (χ1) is 7.74. The first kappa shape index (κ1) is 11.4. The molecule has 2 rings (SSSR count). The molecule has 0 aromatic heterocycles. The van der Waals surface area contributed by atoms with Crippen LogP contribution in [0, 0.1) is 0 Å². The van der Waals surface area contributed by atoms with E-state index in [1.807, 2.05) is 0 Å². The van der Waals surface area contributed by atoms with Gasteiger partial charge < -0.3 is 19.7 Å². The van der Waals surface area contributed by atoms with E-state index < -0.39 is 0 Å². The Morgan fingerprint density at radius 3 is 2.81 bits per heavy atom. The smallest absolute Gasteiger partial charge is 0.166 e. The number of fused-ring (bicyclic) bond motifs is 1. The van der Waals surface area contributed by atoms with Gasteiger partial charge in [-0.15, -0.1) is 0 Å². The molecular weight excluding hydrogens is 232 g/mol. The van der Waals surface area contributed by atoms with E-state index in [-0.39, 0.29) is 17.4 Å². The van der Waals surface area contributed by atoms with Crippen molar-refractivity contribution in [3.63, 3.8) is 0 Å². The van der Waals surface area contributed by atoms with Gasteiger partial charge in [0, 0.05) is 18.2 Å². The van der Waals surface area contributed by atoms with Crippen molar-refractivity contribution in [3.05, 3.63) is 16.7 Å². The highest BCUT2D eigenvalue weighted by atomic mass is 35.5. The highest BCUT2D eigenvalue weighted by Gasteiger charge is 2.21. The van der Waals surface area contributed by atoms with Crippen molar-refractivity contribution in [2.75, 3.05) is 19.8 Å². The lowest BCUT2D eigenvalue weighted by atomic mass is 10.1. The number of aliphatic hydroxyl groups is 1. The Labute approximate surface area is 98.4 Å². The zero-order valence-electron chi connectivity index (χ0n) is 8.70. The molecule has 5 heteroatoms. The van der Waals surface area contributed by atoms with Gasteiger partial charge in [-0.3, -0.25) is 0 Å². The second-order valence-corrected chi connectivity index (χ2v) is 3.92. The first-order valence-corrected chi connectivity index (χ1v) is 5.52. The molecule has 88 valence electrons. The van der Waals surface area contributed by atoms with Gasteiger partial charge in [-0.05, 0) is 12.8 Å². The highest BCUT2D eigenvalue weighted by molar-refractivity contribution is 6.33. The summed E-state index contributed by atoms with van der Waals surface area (Å²) in [6, 6.07) is 1.46. The van der Waals surface area contributed by atoms with Gasteiger partial charge in [0.05, 0.1) is 5.02 Å². The first-order valence-electron chi connectivity index (χ1n) is 5.15. The van der Waals surface area contributed by atoms with Crippen LogP contribution in [0.3, 0.4) is 0 Å². The number of aromatic hydroxyl groups is 1. The standard InChI is InChI=1S/C11H13ClO4/c12-10-7(2-1-3-13)11-9(6-8(10)14)15-4-5-16-11/h6,13-14H,1-5H2. The van der Waals surface area contributed by atoms with Crippen molar-refractivity contribution < 1.29 is 19.7 Å². The van der Waals surface area contributed by atoms with E-state index in [2.05, 4.69) is 0 Å². The minimum atomic E-state index is -0.0149. The van der Waals surface area contributed by atoms with Crippen LogP contribution >= 0.6 is 11.6 Å². The SMILES string of the molecule is OCCCc1c(Cl)c(O)cc2c1OCCO2. The Hall–Kier alpha value is -1.13. The van der Waals surface area contributed by atoms with E-state index in [1.165, 1.54) is 6.07 Å². The Balaban J connectivity index is 2.41. The number of hydrogen-bond donors (Lipinski definition) is 2. The molecule has 1 aromatic carbocycles. The molecule has 0 aliphatic carbocycles. The number of phenolic OH excluding ortho intramolecular Hbond substituents is 1. The fourth-order valence-corrected chi connectivity index (χ4v) is 1.93. The van der Waals surface area contributed by atoms with Gasteiger partial charge in [-0.2, -0.15) is 0 Å². The van der Waals surface area contributed by atoms with Crippen LogP contribution < -0.4 is 9.47 Å². The maximum Gasteiger partial charge on any atom is 0.166 e. The van der Waals surface area contributed by atoms with Gasteiger partial charge in [0.1, 0.15) is 19.0 Å². The normalized spacial score (nSPS) is 13.9. The fraction of sp³-hybridized carbons (Fsp3) is 0.455. The summed E-state index contributed by atoms with van der Waals surface area (Å²) in [5.41, 5.74) is 0.699. The molecule has 1 aliphatic rings. The lowest BCUT2D eigenvalue weighted by Gasteiger charge is -2.22. The van der Waals surface area contributed by atoms with E-state index >= 15 is 0 Å². The maximum atomic E-state index is 9.63. The summed E-state index contributed by atoms with van der Waals surface area (Å²) < 4.78 is 10.9. The Morgan fingerprint density at radius 1 is 1.31 bits per heavy atom. The lowest BCUT2D eigenvalue weighted by molar-refractivity contribution is 0.169. The Kier molecular flexibility index (Phi) is 3.41. The number of rotatable bonds is 3. The van der Waals surface area contributed by atoms with E-state index in [1.54, 1.807) is 0 Å². The Bertz CT molecular complexity index is 392. The molecule has 0 spiro atoms. The van der Waals surface area contributed by atoms with Gasteiger partial charge >= 0.3 is 0 Å². The lowest BCUT2D eigenvalue weighted by Crippen LogP contribution is -2.17. The molecule has 16 heavy (non-hydrogen) atoms. The van der Waals surface area contributed by atoms with E-state index in [4.69, 9.17) is 26.2 Å². The van der Waals surface area contributed by atoms with Crippen molar-refractivity contribution >= 4 is 11.6 Å². The van der Waals surface area contributed by atoms with Crippen LogP contribution in [0.15, 0.2) is 6.07 Å². The van der Waals surface area contributed by atoms with Gasteiger partial charge in [0.25, 0.3) is 0 Å². The van der Waals surface area contributed by atoms with Crippen LogP contribution in [0.5, 0.6) is 17.2 Å². The van der Waals surface area contributed by atoms with Gasteiger partial charge in [0.15, 0.2) is 11.5 Å². The molecular formula is C11H13ClO4. The minimum absolute atomic E-state index is 0.0149. The highest BCUT2D eigenvalue weighted by Crippen LogP contribution is 2.43. The maximum absolute atomic E-state index is 9.63. The number of benzene rings is 1. The number of aliphatic hydroxyl groups excluding tert-OH is 1. The monoisotopic (exact) mass is 244 g/mol. The van der Waals surface area contributed by atoms with E-state index in [0.717, 1.165) is 0 Å². The second-order valence-electron chi connectivity index (χ2n) is 3.54. The number of ether oxygens (including phenoxy) is 2. The molecule has 2 N–H and O–H groups in total. The predicted octanol–water partition coefficient (Wildman–Crippen LogP) is 1.74. The van der Waals surface area contributed by atoms with Crippen LogP contribution in [0.4, 0.5) is 0 Å². The van der Waals surface area contributed by atoms with Crippen molar-refractivity contribution in [2.24, 2.45) is 0 Å². The summed E-state index contributed by atoms with van der Waals surface area (Å²) in [5.74, 6) is 1.09. The molecule has 1 heterocycles. The van der Waals surface area contributed by atoms with Crippen molar-refractivity contribution in [3.8, 4) is 17.2 Å². The van der Waals surface area contributed by atoms with Crippen LogP contribution in [-0.4, -0.2) is 30.0 Å². The van der Waals surface area contributed by atoms with Crippen LogP contribution in [0.2, 0.25) is 5.02 Å². The molecule has 0 bridgehead atoms. The molecule has 0 unspecified atom stereocenters. The third kappa shape index (κ3) is 2.03. The van der Waals surface area contributed by atoms with Gasteiger partial charge in [0.2, 0.25) is 0 Å². The predicted molar refractivity (Wildman–Crippen MR) is 59.5 cm³/mol. The summed E-state index contributed by atoms with van der Waals surface area (Å²) in [5, 5.41) is 18.7. The van der Waals surface area contributed by atoms with Crippen molar-refractivity contribution in [2.45, 2.75) is 12.8 Å². The summed E-state index contributed by atoms with van der Waals surface area (Å²) in [4.78, 5) is 0. The van der Waals surface area contributed by atoms with Crippen molar-refractivity contribution in [1.82, 2.24) is 0 Å². The minimum Gasteiger partial charge on any atom is -0.506 e. The molecule has 0 saturated heterocycles. The van der Waals surface area contributed by atoms with E-state index in [0.29, 0.717) is 43.1 Å². The average molecular weight is 245 g/mol. The molecule has 0 atom stereocenters. The second kappa shape index (κ2) is 4.80. The zero-order chi connectivity index (χ0) is 11.5. The molecule has 4 nitrogen and oxygen atoms in total. The quantitative estimate of drug-likeness (QED) is 0.850. The average Bonchev–Trinajstić information content (AvgIpc) is 2.30. The third-order valence-electron chi connectivity index (χ3n) is 2.43.